The number of fused-ring (bicyclic) bond motifs is 1. The number of carbonyl (C=O) groups excluding carboxylic acids is 1. The van der Waals surface area contributed by atoms with Gasteiger partial charge in [-0.3, -0.25) is 14.4 Å². The standard InChI is InChI=1S/C30H42FN3O4/c1-3-21(4-2)34-18-23(30(38)33-25(17-28(35)36)19-11-7-5-8-12-19)29(37)22-15-24(31)26(16-27(22)34)32-20-13-9-6-10-14-20/h15-16,18-21,25,32H,3-14,17H2,1-2H3,(H,33,38)(H,35,36). The average Bonchev–Trinajstić information content (AvgIpc) is 2.91. The molecule has 1 aromatic heterocycles. The molecule has 0 radical (unpaired) electrons. The fourth-order valence-electron chi connectivity index (χ4n) is 6.40. The number of carbonyl (C=O) groups is 2. The van der Waals surface area contributed by atoms with E-state index in [-0.39, 0.29) is 35.4 Å². The molecule has 2 aromatic rings. The van der Waals surface area contributed by atoms with Gasteiger partial charge >= 0.3 is 5.97 Å². The fraction of sp³-hybridized carbons (Fsp3) is 0.633. The number of anilines is 1. The van der Waals surface area contributed by atoms with Crippen molar-refractivity contribution in [2.45, 2.75) is 115 Å². The van der Waals surface area contributed by atoms with Crippen LogP contribution in [-0.2, 0) is 4.79 Å². The number of aromatic nitrogens is 1. The van der Waals surface area contributed by atoms with Crippen LogP contribution in [0.1, 0.15) is 114 Å². The Morgan fingerprint density at radius 1 is 1.03 bits per heavy atom. The van der Waals surface area contributed by atoms with E-state index >= 15 is 4.39 Å². The number of nitrogens with one attached hydrogen (secondary N) is 2. The molecule has 2 saturated carbocycles. The highest BCUT2D eigenvalue weighted by Crippen LogP contribution is 2.30. The van der Waals surface area contributed by atoms with E-state index in [1.807, 2.05) is 4.57 Å². The van der Waals surface area contributed by atoms with Gasteiger partial charge in [-0.25, -0.2) is 4.39 Å². The third-order valence-corrected chi connectivity index (χ3v) is 8.60. The smallest absolute Gasteiger partial charge is 0.305 e. The summed E-state index contributed by atoms with van der Waals surface area (Å²) in [5, 5.41) is 15.9. The number of amides is 1. The van der Waals surface area contributed by atoms with Crippen molar-refractivity contribution in [1.29, 1.82) is 0 Å². The number of halogens is 1. The molecule has 1 heterocycles. The largest absolute Gasteiger partial charge is 0.481 e. The van der Waals surface area contributed by atoms with Crippen LogP contribution in [-0.4, -0.2) is 33.6 Å². The molecule has 1 amide bonds. The molecule has 0 saturated heterocycles. The van der Waals surface area contributed by atoms with Crippen molar-refractivity contribution in [2.75, 3.05) is 5.32 Å². The van der Waals surface area contributed by atoms with Gasteiger partial charge in [-0.15, -0.1) is 0 Å². The summed E-state index contributed by atoms with van der Waals surface area (Å²) in [6, 6.07) is 2.66. The maximum atomic E-state index is 15.3. The summed E-state index contributed by atoms with van der Waals surface area (Å²) in [4.78, 5) is 38.6. The number of aliphatic carboxylic acids is 1. The lowest BCUT2D eigenvalue weighted by Crippen LogP contribution is -2.44. The van der Waals surface area contributed by atoms with Crippen LogP contribution in [0.25, 0.3) is 10.9 Å². The number of pyridine rings is 1. The Labute approximate surface area is 224 Å². The highest BCUT2D eigenvalue weighted by molar-refractivity contribution is 5.98. The second-order valence-electron chi connectivity index (χ2n) is 11.2. The quantitative estimate of drug-likeness (QED) is 0.332. The van der Waals surface area contributed by atoms with Crippen molar-refractivity contribution in [2.24, 2.45) is 5.92 Å². The van der Waals surface area contributed by atoms with E-state index < -0.39 is 29.2 Å². The Balaban J connectivity index is 1.73. The van der Waals surface area contributed by atoms with Gasteiger partial charge in [0.05, 0.1) is 17.6 Å². The third-order valence-electron chi connectivity index (χ3n) is 8.60. The SMILES string of the molecule is CCC(CC)n1cc(C(=O)NC(CC(=O)O)C2CCCCC2)c(=O)c2cc(F)c(NC3CCCCC3)cc21. The lowest BCUT2D eigenvalue weighted by Gasteiger charge is -2.30. The van der Waals surface area contributed by atoms with Crippen LogP contribution in [0.5, 0.6) is 0 Å². The molecule has 208 valence electrons. The van der Waals surface area contributed by atoms with Crippen molar-refractivity contribution < 1.29 is 19.1 Å². The van der Waals surface area contributed by atoms with Crippen LogP contribution >= 0.6 is 0 Å². The molecule has 38 heavy (non-hydrogen) atoms. The van der Waals surface area contributed by atoms with Crippen LogP contribution in [0, 0.1) is 11.7 Å². The molecule has 1 unspecified atom stereocenters. The molecule has 8 heteroatoms. The first kappa shape index (κ1) is 28.1. The second kappa shape index (κ2) is 12.8. The van der Waals surface area contributed by atoms with Gasteiger partial charge in [0.15, 0.2) is 0 Å². The Morgan fingerprint density at radius 2 is 1.66 bits per heavy atom. The van der Waals surface area contributed by atoms with Gasteiger partial charge in [0.2, 0.25) is 5.43 Å². The Hall–Kier alpha value is -2.90. The van der Waals surface area contributed by atoms with Gasteiger partial charge in [-0.05, 0) is 56.6 Å². The van der Waals surface area contributed by atoms with Gasteiger partial charge in [0.25, 0.3) is 5.91 Å². The van der Waals surface area contributed by atoms with Crippen LogP contribution < -0.4 is 16.1 Å². The summed E-state index contributed by atoms with van der Waals surface area (Å²) in [5.74, 6) is -2.00. The van der Waals surface area contributed by atoms with Crippen molar-refractivity contribution in [3.63, 3.8) is 0 Å². The zero-order chi connectivity index (χ0) is 27.2. The molecule has 4 rings (SSSR count). The van der Waals surface area contributed by atoms with Gasteiger partial charge in [-0.1, -0.05) is 52.4 Å². The molecule has 1 atom stereocenters. The Bertz CT molecular complexity index is 1190. The number of benzene rings is 1. The van der Waals surface area contributed by atoms with E-state index in [4.69, 9.17) is 0 Å². The molecule has 3 N–H and O–H groups in total. The van der Waals surface area contributed by atoms with E-state index in [0.29, 0.717) is 11.2 Å². The molecule has 0 aliphatic heterocycles. The van der Waals surface area contributed by atoms with Crippen LogP contribution in [0.3, 0.4) is 0 Å². The van der Waals surface area contributed by atoms with Gasteiger partial charge in [0.1, 0.15) is 11.4 Å². The van der Waals surface area contributed by atoms with E-state index in [9.17, 15) is 19.5 Å². The van der Waals surface area contributed by atoms with Crippen LogP contribution in [0.2, 0.25) is 0 Å². The van der Waals surface area contributed by atoms with E-state index in [0.717, 1.165) is 70.6 Å². The lowest BCUT2D eigenvalue weighted by atomic mass is 9.82. The summed E-state index contributed by atoms with van der Waals surface area (Å²) >= 11 is 0. The minimum absolute atomic E-state index is 0.0193. The molecule has 7 nitrogen and oxygen atoms in total. The topological polar surface area (TPSA) is 100 Å². The minimum atomic E-state index is -0.978. The zero-order valence-corrected chi connectivity index (χ0v) is 22.7. The number of hydrogen-bond donors (Lipinski definition) is 3. The first-order valence-corrected chi connectivity index (χ1v) is 14.5. The Morgan fingerprint density at radius 3 is 2.26 bits per heavy atom. The van der Waals surface area contributed by atoms with Gasteiger partial charge < -0.3 is 20.3 Å². The normalized spacial score (nSPS) is 18.0. The fourth-order valence-corrected chi connectivity index (χ4v) is 6.40. The molecular weight excluding hydrogens is 485 g/mol. The number of hydrogen-bond acceptors (Lipinski definition) is 4. The van der Waals surface area contributed by atoms with E-state index in [1.54, 1.807) is 12.3 Å². The van der Waals surface area contributed by atoms with Crippen molar-refractivity contribution in [3.8, 4) is 0 Å². The summed E-state index contributed by atoms with van der Waals surface area (Å²) in [6.07, 6.45) is 13.2. The minimum Gasteiger partial charge on any atom is -0.481 e. The van der Waals surface area contributed by atoms with Crippen molar-refractivity contribution in [1.82, 2.24) is 9.88 Å². The lowest BCUT2D eigenvalue weighted by molar-refractivity contribution is -0.137. The van der Waals surface area contributed by atoms with Crippen LogP contribution in [0.4, 0.5) is 10.1 Å². The maximum Gasteiger partial charge on any atom is 0.305 e. The van der Waals surface area contributed by atoms with Crippen LogP contribution in [0.15, 0.2) is 23.1 Å². The number of carboxylic acids is 1. The molecule has 1 aromatic carbocycles. The molecule has 0 bridgehead atoms. The predicted octanol–water partition coefficient (Wildman–Crippen LogP) is 6.40. The summed E-state index contributed by atoms with van der Waals surface area (Å²) in [5.41, 5.74) is 0.400. The van der Waals surface area contributed by atoms with E-state index in [1.165, 1.54) is 12.5 Å². The molecule has 2 fully saturated rings. The molecular formula is C30H42FN3O4. The van der Waals surface area contributed by atoms with E-state index in [2.05, 4.69) is 24.5 Å². The second-order valence-corrected chi connectivity index (χ2v) is 11.2. The predicted molar refractivity (Wildman–Crippen MR) is 148 cm³/mol. The van der Waals surface area contributed by atoms with Gasteiger partial charge in [-0.2, -0.15) is 0 Å². The monoisotopic (exact) mass is 527 g/mol. The summed E-state index contributed by atoms with van der Waals surface area (Å²) < 4.78 is 17.2. The summed E-state index contributed by atoms with van der Waals surface area (Å²) in [7, 11) is 0. The number of rotatable bonds is 10. The first-order chi connectivity index (χ1) is 18.3. The highest BCUT2D eigenvalue weighted by atomic mass is 19.1. The average molecular weight is 528 g/mol. The summed E-state index contributed by atoms with van der Waals surface area (Å²) in [6.45, 7) is 4.10. The van der Waals surface area contributed by atoms with Crippen molar-refractivity contribution >= 4 is 28.5 Å². The third kappa shape index (κ3) is 6.38. The highest BCUT2D eigenvalue weighted by Gasteiger charge is 2.29. The number of nitrogens with zero attached hydrogens (tertiary/aromatic N) is 1. The molecule has 0 spiro atoms. The zero-order valence-electron chi connectivity index (χ0n) is 22.7. The van der Waals surface area contributed by atoms with Crippen molar-refractivity contribution in [3.05, 3.63) is 39.9 Å². The molecule has 2 aliphatic carbocycles. The Kier molecular flexibility index (Phi) is 9.44. The van der Waals surface area contributed by atoms with Gasteiger partial charge in [0, 0.05) is 29.7 Å². The number of carboxylic acid groups (broad SMARTS) is 1. The molecule has 2 aliphatic rings. The maximum absolute atomic E-state index is 15.3. The first-order valence-electron chi connectivity index (χ1n) is 14.5.